The van der Waals surface area contributed by atoms with Crippen LogP contribution >= 0.6 is 0 Å². The maximum atomic E-state index is 5.76. The van der Waals surface area contributed by atoms with Crippen molar-refractivity contribution in [3.05, 3.63) is 48.0 Å². The monoisotopic (exact) mass is 259 g/mol. The van der Waals surface area contributed by atoms with E-state index in [9.17, 15) is 0 Å². The number of nitrogens with two attached hydrogens (primary N) is 1. The number of anilines is 1. The zero-order chi connectivity index (χ0) is 13.7. The summed E-state index contributed by atoms with van der Waals surface area (Å²) in [6.07, 6.45) is 0. The Labute approximate surface area is 112 Å². The van der Waals surface area contributed by atoms with Gasteiger partial charge in [-0.15, -0.1) is 0 Å². The largest absolute Gasteiger partial charge is 0.497 e. The normalized spacial score (nSPS) is 10.0. The molecule has 0 unspecified atom stereocenters. The van der Waals surface area contributed by atoms with Crippen LogP contribution in [0, 0.1) is 0 Å². The summed E-state index contributed by atoms with van der Waals surface area (Å²) in [5.74, 6) is 2.26. The lowest BCUT2D eigenvalue weighted by Crippen LogP contribution is -1.98. The van der Waals surface area contributed by atoms with Crippen molar-refractivity contribution in [3.8, 4) is 17.2 Å². The molecule has 0 aromatic heterocycles. The number of ether oxygens (including phenoxy) is 3. The van der Waals surface area contributed by atoms with Gasteiger partial charge in [-0.1, -0.05) is 6.07 Å². The van der Waals surface area contributed by atoms with E-state index in [0.29, 0.717) is 18.0 Å². The molecule has 2 aromatic carbocycles. The summed E-state index contributed by atoms with van der Waals surface area (Å²) < 4.78 is 15.9. The first kappa shape index (κ1) is 13.1. The molecule has 0 fully saturated rings. The summed E-state index contributed by atoms with van der Waals surface area (Å²) in [5.41, 5.74) is 7.38. The van der Waals surface area contributed by atoms with Gasteiger partial charge in [-0.3, -0.25) is 0 Å². The average Bonchev–Trinajstić information content (AvgIpc) is 2.47. The molecule has 0 atom stereocenters. The lowest BCUT2D eigenvalue weighted by Gasteiger charge is -2.09. The molecule has 0 heterocycles. The Morgan fingerprint density at radius 1 is 0.895 bits per heavy atom. The van der Waals surface area contributed by atoms with Gasteiger partial charge in [0.25, 0.3) is 0 Å². The highest BCUT2D eigenvalue weighted by molar-refractivity contribution is 5.53. The van der Waals surface area contributed by atoms with E-state index in [2.05, 4.69) is 0 Å². The minimum atomic E-state index is 0.461. The number of methoxy groups -OCH3 is 2. The minimum absolute atomic E-state index is 0.461. The molecule has 0 aliphatic carbocycles. The van der Waals surface area contributed by atoms with E-state index in [1.807, 2.05) is 42.5 Å². The van der Waals surface area contributed by atoms with Crippen molar-refractivity contribution >= 4 is 5.69 Å². The smallest absolute Gasteiger partial charge is 0.142 e. The molecule has 0 aliphatic rings. The van der Waals surface area contributed by atoms with Crippen LogP contribution in [-0.4, -0.2) is 14.2 Å². The van der Waals surface area contributed by atoms with E-state index in [4.69, 9.17) is 19.9 Å². The van der Waals surface area contributed by atoms with Crippen LogP contribution in [0.2, 0.25) is 0 Å². The fourth-order valence-corrected chi connectivity index (χ4v) is 1.68. The molecule has 2 rings (SSSR count). The summed E-state index contributed by atoms with van der Waals surface area (Å²) in [4.78, 5) is 0. The standard InChI is InChI=1S/C15H17NO3/c1-17-12-4-6-13(7-5-12)19-10-11-3-8-14(16)15(9-11)18-2/h3-9H,10,16H2,1-2H3. The summed E-state index contributed by atoms with van der Waals surface area (Å²) in [6.45, 7) is 0.461. The number of nitrogen functional groups attached to an aromatic ring is 1. The van der Waals surface area contributed by atoms with Crippen LogP contribution < -0.4 is 19.9 Å². The lowest BCUT2D eigenvalue weighted by atomic mass is 10.2. The number of benzene rings is 2. The van der Waals surface area contributed by atoms with Crippen LogP contribution in [0.4, 0.5) is 5.69 Å². The van der Waals surface area contributed by atoms with Crippen molar-refractivity contribution in [1.29, 1.82) is 0 Å². The van der Waals surface area contributed by atoms with Crippen LogP contribution in [-0.2, 0) is 6.61 Å². The molecule has 0 radical (unpaired) electrons. The topological polar surface area (TPSA) is 53.7 Å². The summed E-state index contributed by atoms with van der Waals surface area (Å²) >= 11 is 0. The van der Waals surface area contributed by atoms with E-state index in [1.165, 1.54) is 0 Å². The van der Waals surface area contributed by atoms with Crippen molar-refractivity contribution in [3.63, 3.8) is 0 Å². The van der Waals surface area contributed by atoms with Crippen molar-refractivity contribution in [2.75, 3.05) is 20.0 Å². The second-order valence-corrected chi connectivity index (χ2v) is 4.04. The molecular weight excluding hydrogens is 242 g/mol. The first-order valence-corrected chi connectivity index (χ1v) is 5.92. The van der Waals surface area contributed by atoms with Gasteiger partial charge >= 0.3 is 0 Å². The quantitative estimate of drug-likeness (QED) is 0.839. The Bertz CT molecular complexity index is 538. The van der Waals surface area contributed by atoms with Gasteiger partial charge < -0.3 is 19.9 Å². The van der Waals surface area contributed by atoms with Crippen LogP contribution in [0.5, 0.6) is 17.2 Å². The molecule has 2 aromatic rings. The molecular formula is C15H17NO3. The molecule has 2 N–H and O–H groups in total. The second kappa shape index (κ2) is 6.00. The zero-order valence-electron chi connectivity index (χ0n) is 11.1. The van der Waals surface area contributed by atoms with E-state index in [0.717, 1.165) is 17.1 Å². The summed E-state index contributed by atoms with van der Waals surface area (Å²) in [6, 6.07) is 13.1. The summed E-state index contributed by atoms with van der Waals surface area (Å²) in [7, 11) is 3.23. The van der Waals surface area contributed by atoms with E-state index < -0.39 is 0 Å². The van der Waals surface area contributed by atoms with Crippen LogP contribution in [0.3, 0.4) is 0 Å². The second-order valence-electron chi connectivity index (χ2n) is 4.04. The molecule has 0 bridgehead atoms. The molecule has 0 saturated heterocycles. The van der Waals surface area contributed by atoms with Crippen molar-refractivity contribution in [2.24, 2.45) is 0 Å². The highest BCUT2D eigenvalue weighted by atomic mass is 16.5. The average molecular weight is 259 g/mol. The zero-order valence-corrected chi connectivity index (χ0v) is 11.1. The van der Waals surface area contributed by atoms with Crippen LogP contribution in [0.25, 0.3) is 0 Å². The molecule has 4 heteroatoms. The molecule has 0 aliphatic heterocycles. The maximum Gasteiger partial charge on any atom is 0.142 e. The Hall–Kier alpha value is -2.36. The Morgan fingerprint density at radius 3 is 2.21 bits per heavy atom. The van der Waals surface area contributed by atoms with Crippen LogP contribution in [0.1, 0.15) is 5.56 Å². The van der Waals surface area contributed by atoms with Gasteiger partial charge in [0.1, 0.15) is 23.9 Å². The Balaban J connectivity index is 2.01. The highest BCUT2D eigenvalue weighted by Gasteiger charge is 2.02. The Morgan fingerprint density at radius 2 is 1.58 bits per heavy atom. The molecule has 4 nitrogen and oxygen atoms in total. The van der Waals surface area contributed by atoms with E-state index in [-0.39, 0.29) is 0 Å². The van der Waals surface area contributed by atoms with Crippen molar-refractivity contribution in [1.82, 2.24) is 0 Å². The van der Waals surface area contributed by atoms with Gasteiger partial charge in [-0.2, -0.15) is 0 Å². The minimum Gasteiger partial charge on any atom is -0.497 e. The lowest BCUT2D eigenvalue weighted by molar-refractivity contribution is 0.304. The highest BCUT2D eigenvalue weighted by Crippen LogP contribution is 2.23. The number of rotatable bonds is 5. The van der Waals surface area contributed by atoms with E-state index >= 15 is 0 Å². The molecule has 0 amide bonds. The third kappa shape index (κ3) is 3.31. The van der Waals surface area contributed by atoms with Gasteiger partial charge in [0, 0.05) is 0 Å². The van der Waals surface area contributed by atoms with Crippen molar-refractivity contribution < 1.29 is 14.2 Å². The van der Waals surface area contributed by atoms with E-state index in [1.54, 1.807) is 14.2 Å². The maximum absolute atomic E-state index is 5.76. The van der Waals surface area contributed by atoms with Gasteiger partial charge in [-0.25, -0.2) is 0 Å². The Kier molecular flexibility index (Phi) is 4.13. The predicted octanol–water partition coefficient (Wildman–Crippen LogP) is 2.87. The predicted molar refractivity (Wildman–Crippen MR) is 74.7 cm³/mol. The molecule has 0 saturated carbocycles. The fraction of sp³-hybridized carbons (Fsp3) is 0.200. The number of hydrogen-bond donors (Lipinski definition) is 1. The fourth-order valence-electron chi connectivity index (χ4n) is 1.68. The third-order valence-electron chi connectivity index (χ3n) is 2.76. The van der Waals surface area contributed by atoms with Gasteiger partial charge in [0.2, 0.25) is 0 Å². The SMILES string of the molecule is COc1ccc(OCc2ccc(N)c(OC)c2)cc1. The van der Waals surface area contributed by atoms with Crippen LogP contribution in [0.15, 0.2) is 42.5 Å². The first-order valence-electron chi connectivity index (χ1n) is 5.92. The number of hydrogen-bond acceptors (Lipinski definition) is 4. The van der Waals surface area contributed by atoms with Gasteiger partial charge in [-0.05, 0) is 42.0 Å². The first-order chi connectivity index (χ1) is 9.22. The van der Waals surface area contributed by atoms with Gasteiger partial charge in [0.15, 0.2) is 0 Å². The third-order valence-corrected chi connectivity index (χ3v) is 2.76. The summed E-state index contributed by atoms with van der Waals surface area (Å²) in [5, 5.41) is 0. The molecule has 0 spiro atoms. The van der Waals surface area contributed by atoms with Gasteiger partial charge in [0.05, 0.1) is 19.9 Å². The molecule has 100 valence electrons. The molecule has 19 heavy (non-hydrogen) atoms. The van der Waals surface area contributed by atoms with Crippen molar-refractivity contribution in [2.45, 2.75) is 6.61 Å².